The number of nitrogens with zero attached hydrogens (tertiary/aromatic N) is 1. The van der Waals surface area contributed by atoms with E-state index in [9.17, 15) is 9.90 Å². The Labute approximate surface area is 91.2 Å². The Bertz CT molecular complexity index is 234. The summed E-state index contributed by atoms with van der Waals surface area (Å²) in [7, 11) is 0. The SMILES string of the molecule is C[C@H]1[C@@H](O)CCCN1C(=O)OC(C)(C)C. The molecule has 1 rings (SSSR count). The number of aliphatic hydroxyl groups is 1. The first-order valence-corrected chi connectivity index (χ1v) is 5.49. The van der Waals surface area contributed by atoms with Crippen LogP contribution in [-0.2, 0) is 4.74 Å². The van der Waals surface area contributed by atoms with Gasteiger partial charge in [0, 0.05) is 6.54 Å². The zero-order valence-corrected chi connectivity index (χ0v) is 9.99. The van der Waals surface area contributed by atoms with Gasteiger partial charge in [0.25, 0.3) is 0 Å². The molecule has 1 saturated heterocycles. The monoisotopic (exact) mass is 215 g/mol. The number of aliphatic hydroxyl groups excluding tert-OH is 1. The van der Waals surface area contributed by atoms with E-state index in [-0.39, 0.29) is 12.1 Å². The quantitative estimate of drug-likeness (QED) is 0.670. The van der Waals surface area contributed by atoms with E-state index < -0.39 is 11.7 Å². The molecule has 0 radical (unpaired) electrons. The summed E-state index contributed by atoms with van der Waals surface area (Å²) in [6, 6.07) is -0.145. The lowest BCUT2D eigenvalue weighted by atomic mass is 10.0. The van der Waals surface area contributed by atoms with Crippen LogP contribution in [0.5, 0.6) is 0 Å². The van der Waals surface area contributed by atoms with Crippen molar-refractivity contribution in [3.63, 3.8) is 0 Å². The summed E-state index contributed by atoms with van der Waals surface area (Å²) in [5, 5.41) is 9.65. The van der Waals surface area contributed by atoms with Crippen LogP contribution < -0.4 is 0 Å². The fraction of sp³-hybridized carbons (Fsp3) is 0.909. The van der Waals surface area contributed by atoms with E-state index in [1.807, 2.05) is 27.7 Å². The number of piperidine rings is 1. The Hall–Kier alpha value is -0.770. The van der Waals surface area contributed by atoms with Crippen LogP contribution in [0.15, 0.2) is 0 Å². The number of amides is 1. The number of rotatable bonds is 0. The summed E-state index contributed by atoms with van der Waals surface area (Å²) in [6.07, 6.45) is 0.852. The molecule has 0 saturated carbocycles. The minimum Gasteiger partial charge on any atom is -0.444 e. The number of hydrogen-bond acceptors (Lipinski definition) is 3. The van der Waals surface area contributed by atoms with E-state index in [1.165, 1.54) is 0 Å². The highest BCUT2D eigenvalue weighted by atomic mass is 16.6. The Kier molecular flexibility index (Phi) is 3.60. The highest BCUT2D eigenvalue weighted by Crippen LogP contribution is 2.20. The van der Waals surface area contributed by atoms with Gasteiger partial charge in [-0.3, -0.25) is 0 Å². The number of likely N-dealkylation sites (tertiary alicyclic amines) is 1. The molecule has 1 fully saturated rings. The summed E-state index contributed by atoms with van der Waals surface area (Å²) in [6.45, 7) is 8.06. The van der Waals surface area contributed by atoms with Gasteiger partial charge in [0.15, 0.2) is 0 Å². The van der Waals surface area contributed by atoms with Crippen molar-refractivity contribution in [1.82, 2.24) is 4.90 Å². The molecule has 0 aromatic rings. The lowest BCUT2D eigenvalue weighted by molar-refractivity contribution is -0.0181. The molecule has 0 spiro atoms. The van der Waals surface area contributed by atoms with Gasteiger partial charge in [-0.15, -0.1) is 0 Å². The summed E-state index contributed by atoms with van der Waals surface area (Å²) < 4.78 is 5.27. The molecular weight excluding hydrogens is 194 g/mol. The van der Waals surface area contributed by atoms with Crippen molar-refractivity contribution in [1.29, 1.82) is 0 Å². The average molecular weight is 215 g/mol. The molecular formula is C11H21NO3. The number of hydrogen-bond donors (Lipinski definition) is 1. The second-order valence-electron chi connectivity index (χ2n) is 5.12. The van der Waals surface area contributed by atoms with E-state index in [0.717, 1.165) is 12.8 Å². The first-order valence-electron chi connectivity index (χ1n) is 5.49. The second-order valence-corrected chi connectivity index (χ2v) is 5.12. The molecule has 0 aromatic carbocycles. The molecule has 1 amide bonds. The Morgan fingerprint density at radius 2 is 2.07 bits per heavy atom. The molecule has 1 aliphatic heterocycles. The molecule has 0 aromatic heterocycles. The molecule has 1 aliphatic rings. The third kappa shape index (κ3) is 3.38. The minimum absolute atomic E-state index is 0.145. The molecule has 4 heteroatoms. The van der Waals surface area contributed by atoms with Gasteiger partial charge < -0.3 is 14.7 Å². The van der Waals surface area contributed by atoms with E-state index in [1.54, 1.807) is 4.90 Å². The predicted octanol–water partition coefficient (Wildman–Crippen LogP) is 1.77. The fourth-order valence-corrected chi connectivity index (χ4v) is 1.70. The number of ether oxygens (including phenoxy) is 1. The van der Waals surface area contributed by atoms with Crippen molar-refractivity contribution in [3.05, 3.63) is 0 Å². The lowest BCUT2D eigenvalue weighted by Crippen LogP contribution is -2.50. The first-order chi connectivity index (χ1) is 6.81. The van der Waals surface area contributed by atoms with Gasteiger partial charge in [0.2, 0.25) is 0 Å². The van der Waals surface area contributed by atoms with E-state index in [2.05, 4.69) is 0 Å². The topological polar surface area (TPSA) is 49.8 Å². The smallest absolute Gasteiger partial charge is 0.410 e. The average Bonchev–Trinajstić information content (AvgIpc) is 2.06. The number of carbonyl (C=O) groups excluding carboxylic acids is 1. The predicted molar refractivity (Wildman–Crippen MR) is 57.6 cm³/mol. The van der Waals surface area contributed by atoms with Gasteiger partial charge >= 0.3 is 6.09 Å². The van der Waals surface area contributed by atoms with Gasteiger partial charge in [0.1, 0.15) is 5.60 Å². The van der Waals surface area contributed by atoms with Crippen LogP contribution in [0.4, 0.5) is 4.79 Å². The molecule has 1 N–H and O–H groups in total. The Morgan fingerprint density at radius 3 is 2.60 bits per heavy atom. The molecule has 88 valence electrons. The van der Waals surface area contributed by atoms with Crippen molar-refractivity contribution in [2.24, 2.45) is 0 Å². The van der Waals surface area contributed by atoms with Gasteiger partial charge in [-0.1, -0.05) is 0 Å². The van der Waals surface area contributed by atoms with Crippen molar-refractivity contribution in [2.75, 3.05) is 6.54 Å². The molecule has 2 atom stereocenters. The molecule has 0 bridgehead atoms. The first kappa shape index (κ1) is 12.3. The van der Waals surface area contributed by atoms with Crippen molar-refractivity contribution >= 4 is 6.09 Å². The van der Waals surface area contributed by atoms with E-state index in [0.29, 0.717) is 6.54 Å². The van der Waals surface area contributed by atoms with Crippen LogP contribution in [0.2, 0.25) is 0 Å². The van der Waals surface area contributed by atoms with Crippen molar-refractivity contribution < 1.29 is 14.6 Å². The maximum absolute atomic E-state index is 11.8. The van der Waals surface area contributed by atoms with Crippen LogP contribution in [0.1, 0.15) is 40.5 Å². The van der Waals surface area contributed by atoms with Crippen LogP contribution in [-0.4, -0.2) is 40.4 Å². The highest BCUT2D eigenvalue weighted by Gasteiger charge is 2.32. The molecule has 1 heterocycles. The van der Waals surface area contributed by atoms with Crippen molar-refractivity contribution in [2.45, 2.75) is 58.3 Å². The van der Waals surface area contributed by atoms with Crippen LogP contribution in [0, 0.1) is 0 Å². The minimum atomic E-state index is -0.473. The highest BCUT2D eigenvalue weighted by molar-refractivity contribution is 5.68. The molecule has 0 unspecified atom stereocenters. The zero-order chi connectivity index (χ0) is 11.6. The molecule has 4 nitrogen and oxygen atoms in total. The standard InChI is InChI=1S/C11H21NO3/c1-8-9(13)6-5-7-12(8)10(14)15-11(2,3)4/h8-9,13H,5-7H2,1-4H3/t8-,9-/m0/s1. The van der Waals surface area contributed by atoms with Gasteiger partial charge in [-0.25, -0.2) is 4.79 Å². The Morgan fingerprint density at radius 1 is 1.47 bits per heavy atom. The molecule has 0 aliphatic carbocycles. The van der Waals surface area contributed by atoms with Gasteiger partial charge in [-0.05, 0) is 40.5 Å². The third-order valence-electron chi connectivity index (χ3n) is 2.58. The summed E-state index contributed by atoms with van der Waals surface area (Å²) >= 11 is 0. The third-order valence-corrected chi connectivity index (χ3v) is 2.58. The maximum atomic E-state index is 11.8. The number of carbonyl (C=O) groups is 1. The maximum Gasteiger partial charge on any atom is 0.410 e. The summed E-state index contributed by atoms with van der Waals surface area (Å²) in [4.78, 5) is 13.4. The fourth-order valence-electron chi connectivity index (χ4n) is 1.70. The van der Waals surface area contributed by atoms with E-state index in [4.69, 9.17) is 4.74 Å². The van der Waals surface area contributed by atoms with Gasteiger partial charge in [0.05, 0.1) is 12.1 Å². The Balaban J connectivity index is 2.59. The van der Waals surface area contributed by atoms with Crippen LogP contribution in [0.3, 0.4) is 0 Å². The van der Waals surface area contributed by atoms with Crippen LogP contribution >= 0.6 is 0 Å². The summed E-state index contributed by atoms with van der Waals surface area (Å²) in [5.41, 5.74) is -0.473. The van der Waals surface area contributed by atoms with Gasteiger partial charge in [-0.2, -0.15) is 0 Å². The lowest BCUT2D eigenvalue weighted by Gasteiger charge is -2.37. The molecule has 15 heavy (non-hydrogen) atoms. The van der Waals surface area contributed by atoms with Crippen LogP contribution in [0.25, 0.3) is 0 Å². The largest absolute Gasteiger partial charge is 0.444 e. The summed E-state index contributed by atoms with van der Waals surface area (Å²) in [5.74, 6) is 0. The zero-order valence-electron chi connectivity index (χ0n) is 9.99. The second kappa shape index (κ2) is 4.39. The van der Waals surface area contributed by atoms with E-state index >= 15 is 0 Å². The van der Waals surface area contributed by atoms with Crippen molar-refractivity contribution in [3.8, 4) is 0 Å². The normalized spacial score (nSPS) is 27.7.